The second kappa shape index (κ2) is 3.20. The Kier molecular flexibility index (Phi) is 2.22. The van der Waals surface area contributed by atoms with Gasteiger partial charge in [-0.25, -0.2) is 0 Å². The maximum absolute atomic E-state index is 8.49. The van der Waals surface area contributed by atoms with Crippen molar-refractivity contribution in [3.05, 3.63) is 30.1 Å². The zero-order valence-electron chi connectivity index (χ0n) is 5.04. The molecule has 0 aliphatic heterocycles. The molecule has 0 aliphatic rings. The van der Waals surface area contributed by atoms with Crippen molar-refractivity contribution in [1.82, 2.24) is 4.98 Å². The van der Waals surface area contributed by atoms with Crippen LogP contribution in [0.15, 0.2) is 18.3 Å². The Labute approximate surface area is 54.2 Å². The smallest absolute Gasteiger partial charge is 0.0888 e. The van der Waals surface area contributed by atoms with Gasteiger partial charge in [-0.05, 0) is 24.1 Å². The number of aromatic nitrogens is 1. The van der Waals surface area contributed by atoms with Gasteiger partial charge in [0.15, 0.2) is 0 Å². The minimum absolute atomic E-state index is 0.192. The van der Waals surface area contributed by atoms with E-state index < -0.39 is 0 Å². The monoisotopic (exact) mass is 122 g/mol. The molecule has 0 unspecified atom stereocenters. The number of rotatable bonds is 2. The van der Waals surface area contributed by atoms with Crippen LogP contribution in [0.25, 0.3) is 0 Å². The molecule has 0 amide bonds. The fraction of sp³-hybridized carbons (Fsp3) is 0.286. The van der Waals surface area contributed by atoms with Crippen LogP contribution in [0.2, 0.25) is 0 Å². The second-order valence-electron chi connectivity index (χ2n) is 1.77. The Morgan fingerprint density at radius 3 is 3.11 bits per heavy atom. The molecular weight excluding hydrogens is 114 g/mol. The molecule has 0 bridgehead atoms. The molecule has 0 fully saturated rings. The molecule has 1 N–H and O–H groups in total. The summed E-state index contributed by atoms with van der Waals surface area (Å²) in [4.78, 5) is 3.72. The van der Waals surface area contributed by atoms with Gasteiger partial charge < -0.3 is 5.11 Å². The SMILES string of the molecule is OCCc1c[c]ncc1. The van der Waals surface area contributed by atoms with Crippen LogP contribution in [-0.2, 0) is 6.42 Å². The van der Waals surface area contributed by atoms with Crippen LogP contribution in [0.5, 0.6) is 0 Å². The van der Waals surface area contributed by atoms with Crippen LogP contribution in [0, 0.1) is 6.20 Å². The summed E-state index contributed by atoms with van der Waals surface area (Å²) in [6.45, 7) is 0.192. The summed E-state index contributed by atoms with van der Waals surface area (Å²) in [5.41, 5.74) is 1.08. The predicted molar refractivity (Wildman–Crippen MR) is 33.9 cm³/mol. The molecule has 1 aromatic heterocycles. The maximum atomic E-state index is 8.49. The predicted octanol–water partition coefficient (Wildman–Crippen LogP) is 0.417. The van der Waals surface area contributed by atoms with E-state index in [0.29, 0.717) is 6.42 Å². The summed E-state index contributed by atoms with van der Waals surface area (Å²) in [5.74, 6) is 0. The van der Waals surface area contributed by atoms with Gasteiger partial charge in [-0.1, -0.05) is 0 Å². The van der Waals surface area contributed by atoms with Crippen LogP contribution in [0.4, 0.5) is 0 Å². The van der Waals surface area contributed by atoms with E-state index in [1.165, 1.54) is 0 Å². The number of hydrogen-bond donors (Lipinski definition) is 1. The lowest BCUT2D eigenvalue weighted by molar-refractivity contribution is 0.299. The van der Waals surface area contributed by atoms with E-state index in [9.17, 15) is 0 Å². The molecule has 2 heteroatoms. The molecule has 0 saturated carbocycles. The normalized spacial score (nSPS) is 9.44. The molecule has 0 aliphatic carbocycles. The minimum Gasteiger partial charge on any atom is -0.396 e. The maximum Gasteiger partial charge on any atom is 0.0888 e. The number of hydrogen-bond acceptors (Lipinski definition) is 2. The lowest BCUT2D eigenvalue weighted by atomic mass is 10.2. The summed E-state index contributed by atoms with van der Waals surface area (Å²) in [6, 6.07) is 3.64. The van der Waals surface area contributed by atoms with Gasteiger partial charge in [0.05, 0.1) is 6.20 Å². The van der Waals surface area contributed by atoms with Gasteiger partial charge in [0.25, 0.3) is 0 Å². The highest BCUT2D eigenvalue weighted by Gasteiger charge is 1.86. The molecule has 1 heterocycles. The number of nitrogens with zero attached hydrogens (tertiary/aromatic N) is 1. The molecular formula is C7H8NO. The average molecular weight is 122 g/mol. The Hall–Kier alpha value is -0.890. The molecule has 0 aromatic carbocycles. The van der Waals surface area contributed by atoms with Crippen molar-refractivity contribution in [1.29, 1.82) is 0 Å². The second-order valence-corrected chi connectivity index (χ2v) is 1.77. The topological polar surface area (TPSA) is 33.1 Å². The number of aliphatic hydroxyl groups excluding tert-OH is 1. The summed E-state index contributed by atoms with van der Waals surface area (Å²) in [7, 11) is 0. The van der Waals surface area contributed by atoms with Crippen molar-refractivity contribution in [3.8, 4) is 0 Å². The van der Waals surface area contributed by atoms with Crippen LogP contribution in [0.3, 0.4) is 0 Å². The van der Waals surface area contributed by atoms with Crippen molar-refractivity contribution in [2.75, 3.05) is 6.61 Å². The van der Waals surface area contributed by atoms with E-state index in [4.69, 9.17) is 5.11 Å². The summed E-state index contributed by atoms with van der Waals surface area (Å²) < 4.78 is 0. The van der Waals surface area contributed by atoms with E-state index in [0.717, 1.165) is 5.56 Å². The zero-order valence-corrected chi connectivity index (χ0v) is 5.04. The van der Waals surface area contributed by atoms with Gasteiger partial charge in [0, 0.05) is 12.8 Å². The lowest BCUT2D eigenvalue weighted by Crippen LogP contribution is -1.89. The molecule has 0 saturated heterocycles. The Balaban J connectivity index is 2.61. The molecule has 47 valence electrons. The molecule has 9 heavy (non-hydrogen) atoms. The van der Waals surface area contributed by atoms with Gasteiger partial charge in [0.1, 0.15) is 0 Å². The fourth-order valence-corrected chi connectivity index (χ4v) is 0.629. The van der Waals surface area contributed by atoms with Crippen molar-refractivity contribution < 1.29 is 5.11 Å². The van der Waals surface area contributed by atoms with Crippen LogP contribution in [-0.4, -0.2) is 16.7 Å². The summed E-state index contributed by atoms with van der Waals surface area (Å²) >= 11 is 0. The fourth-order valence-electron chi connectivity index (χ4n) is 0.629. The van der Waals surface area contributed by atoms with Gasteiger partial charge in [0.2, 0.25) is 0 Å². The Bertz CT molecular complexity index is 162. The standard InChI is InChI=1S/C7H8NO/c9-6-3-7-1-4-8-5-2-7/h1-2,4,9H,3,6H2. The first kappa shape index (κ1) is 6.23. The largest absolute Gasteiger partial charge is 0.396 e. The highest BCUT2D eigenvalue weighted by Crippen LogP contribution is 1.94. The average Bonchev–Trinajstić information content (AvgIpc) is 1.91. The van der Waals surface area contributed by atoms with Crippen LogP contribution < -0.4 is 0 Å². The molecule has 1 aromatic rings. The van der Waals surface area contributed by atoms with Crippen molar-refractivity contribution >= 4 is 0 Å². The van der Waals surface area contributed by atoms with Gasteiger partial charge in [-0.15, -0.1) is 0 Å². The van der Waals surface area contributed by atoms with E-state index in [2.05, 4.69) is 11.2 Å². The zero-order chi connectivity index (χ0) is 6.53. The first-order valence-electron chi connectivity index (χ1n) is 2.85. The molecule has 1 radical (unpaired) electrons. The lowest BCUT2D eigenvalue weighted by Gasteiger charge is -1.92. The van der Waals surface area contributed by atoms with Crippen LogP contribution >= 0.6 is 0 Å². The minimum atomic E-state index is 0.192. The highest BCUT2D eigenvalue weighted by molar-refractivity contribution is 5.08. The van der Waals surface area contributed by atoms with E-state index in [1.54, 1.807) is 12.3 Å². The summed E-state index contributed by atoms with van der Waals surface area (Å²) in [5, 5.41) is 8.49. The first-order chi connectivity index (χ1) is 4.43. The quantitative estimate of drug-likeness (QED) is 0.616. The van der Waals surface area contributed by atoms with Crippen LogP contribution in [0.1, 0.15) is 5.56 Å². The molecule has 2 nitrogen and oxygen atoms in total. The van der Waals surface area contributed by atoms with E-state index >= 15 is 0 Å². The summed E-state index contributed by atoms with van der Waals surface area (Å²) in [6.07, 6.45) is 5.05. The van der Waals surface area contributed by atoms with Gasteiger partial charge >= 0.3 is 0 Å². The van der Waals surface area contributed by atoms with Crippen molar-refractivity contribution in [2.24, 2.45) is 0 Å². The Morgan fingerprint density at radius 1 is 1.67 bits per heavy atom. The Morgan fingerprint density at radius 2 is 2.56 bits per heavy atom. The molecule has 0 atom stereocenters. The molecule has 0 spiro atoms. The van der Waals surface area contributed by atoms with Gasteiger partial charge in [-0.2, -0.15) is 0 Å². The van der Waals surface area contributed by atoms with Gasteiger partial charge in [-0.3, -0.25) is 4.98 Å². The first-order valence-corrected chi connectivity index (χ1v) is 2.85. The van der Waals surface area contributed by atoms with E-state index in [1.807, 2.05) is 6.07 Å². The highest BCUT2D eigenvalue weighted by atomic mass is 16.2. The third-order valence-corrected chi connectivity index (χ3v) is 1.09. The molecule has 1 rings (SSSR count). The third kappa shape index (κ3) is 1.82. The van der Waals surface area contributed by atoms with E-state index in [-0.39, 0.29) is 6.61 Å². The number of aliphatic hydroxyl groups is 1. The third-order valence-electron chi connectivity index (χ3n) is 1.09. The van der Waals surface area contributed by atoms with Crippen molar-refractivity contribution in [3.63, 3.8) is 0 Å². The number of pyridine rings is 1. The van der Waals surface area contributed by atoms with Crippen molar-refractivity contribution in [2.45, 2.75) is 6.42 Å².